The molecule has 1 aromatic carbocycles. The second-order valence-corrected chi connectivity index (χ2v) is 6.42. The van der Waals surface area contributed by atoms with Crippen molar-refractivity contribution >= 4 is 5.57 Å². The summed E-state index contributed by atoms with van der Waals surface area (Å²) in [5, 5.41) is 0. The quantitative estimate of drug-likeness (QED) is 0.779. The van der Waals surface area contributed by atoms with Gasteiger partial charge in [-0.1, -0.05) is 30.3 Å². The lowest BCUT2D eigenvalue weighted by atomic mass is 9.88. The zero-order valence-corrected chi connectivity index (χ0v) is 13.4. The standard InChI is InChI=1S/C17H20N4O2/c1-18-9-8-13-14(12-6-4-3-5-7-12)10-20-16(22)19(2)17(23)21(20)15(13)11-18/h3-7,15H,8-11H2,1-2H3. The summed E-state index contributed by atoms with van der Waals surface area (Å²) in [6.45, 7) is 2.21. The molecule has 120 valence electrons. The van der Waals surface area contributed by atoms with Crippen LogP contribution in [0.2, 0.25) is 0 Å². The van der Waals surface area contributed by atoms with E-state index >= 15 is 0 Å². The number of fused-ring (bicyclic) bond motifs is 3. The van der Waals surface area contributed by atoms with Crippen molar-refractivity contribution < 1.29 is 0 Å². The number of aromatic nitrogens is 3. The summed E-state index contributed by atoms with van der Waals surface area (Å²) in [5.74, 6) is 0. The second-order valence-electron chi connectivity index (χ2n) is 6.42. The van der Waals surface area contributed by atoms with Crippen LogP contribution in [0, 0.1) is 0 Å². The maximum absolute atomic E-state index is 12.5. The Kier molecular flexibility index (Phi) is 3.16. The summed E-state index contributed by atoms with van der Waals surface area (Å²) in [6, 6.07) is 10.1. The maximum atomic E-state index is 12.5. The molecule has 0 amide bonds. The highest BCUT2D eigenvalue weighted by Crippen LogP contribution is 2.36. The Morgan fingerprint density at radius 3 is 2.52 bits per heavy atom. The van der Waals surface area contributed by atoms with Crippen LogP contribution in [0.1, 0.15) is 18.0 Å². The first-order valence-corrected chi connectivity index (χ1v) is 7.92. The number of piperidine rings is 1. The molecule has 6 heteroatoms. The molecule has 0 N–H and O–H groups in total. The Bertz CT molecular complexity index is 901. The zero-order valence-electron chi connectivity index (χ0n) is 13.4. The van der Waals surface area contributed by atoms with Crippen LogP contribution in [0.15, 0.2) is 45.5 Å². The Hall–Kier alpha value is -2.34. The highest BCUT2D eigenvalue weighted by Gasteiger charge is 2.34. The summed E-state index contributed by atoms with van der Waals surface area (Å²) in [7, 11) is 3.61. The van der Waals surface area contributed by atoms with Crippen LogP contribution in [0.4, 0.5) is 0 Å². The van der Waals surface area contributed by atoms with Crippen LogP contribution < -0.4 is 11.4 Å². The molecule has 1 fully saturated rings. The van der Waals surface area contributed by atoms with E-state index in [1.807, 2.05) is 18.2 Å². The smallest absolute Gasteiger partial charge is 0.304 e. The molecule has 0 spiro atoms. The molecule has 1 saturated heterocycles. The van der Waals surface area contributed by atoms with Crippen LogP contribution >= 0.6 is 0 Å². The van der Waals surface area contributed by atoms with E-state index < -0.39 is 0 Å². The molecule has 6 nitrogen and oxygen atoms in total. The second kappa shape index (κ2) is 5.09. The summed E-state index contributed by atoms with van der Waals surface area (Å²) in [6.07, 6.45) is 0.931. The van der Waals surface area contributed by atoms with Gasteiger partial charge in [0.25, 0.3) is 0 Å². The van der Waals surface area contributed by atoms with Gasteiger partial charge in [-0.25, -0.2) is 23.5 Å². The lowest BCUT2D eigenvalue weighted by Gasteiger charge is -2.38. The minimum Gasteiger partial charge on any atom is -0.304 e. The third-order valence-electron chi connectivity index (χ3n) is 5.01. The number of likely N-dealkylation sites (N-methyl/N-ethyl adjacent to an activating group) is 1. The number of allylic oxidation sites excluding steroid dienone is 1. The van der Waals surface area contributed by atoms with Gasteiger partial charge in [0.05, 0.1) is 12.6 Å². The lowest BCUT2D eigenvalue weighted by Crippen LogP contribution is -2.44. The topological polar surface area (TPSA) is 52.2 Å². The third-order valence-corrected chi connectivity index (χ3v) is 5.01. The van der Waals surface area contributed by atoms with Gasteiger partial charge in [-0.3, -0.25) is 0 Å². The monoisotopic (exact) mass is 312 g/mol. The van der Waals surface area contributed by atoms with Crippen molar-refractivity contribution in [3.8, 4) is 0 Å². The number of nitrogens with zero attached hydrogens (tertiary/aromatic N) is 4. The van der Waals surface area contributed by atoms with Gasteiger partial charge in [0, 0.05) is 20.1 Å². The van der Waals surface area contributed by atoms with Gasteiger partial charge in [0.2, 0.25) is 0 Å². The van der Waals surface area contributed by atoms with E-state index in [0.29, 0.717) is 6.54 Å². The van der Waals surface area contributed by atoms with Gasteiger partial charge < -0.3 is 4.90 Å². The fourth-order valence-corrected chi connectivity index (χ4v) is 3.77. The van der Waals surface area contributed by atoms with Crippen molar-refractivity contribution in [1.29, 1.82) is 0 Å². The first-order chi connectivity index (χ1) is 11.1. The van der Waals surface area contributed by atoms with Crippen LogP contribution in [0.3, 0.4) is 0 Å². The normalized spacial score (nSPS) is 21.2. The Labute approximate surface area is 133 Å². The SMILES string of the molecule is CN1CCC2=C(c3ccccc3)Cn3c(=O)n(C)c(=O)n3C2C1. The molecule has 2 aromatic rings. The number of hydrogen-bond donors (Lipinski definition) is 0. The molecule has 0 bridgehead atoms. The Morgan fingerprint density at radius 2 is 1.78 bits per heavy atom. The molecule has 0 saturated carbocycles. The highest BCUT2D eigenvalue weighted by molar-refractivity contribution is 5.70. The van der Waals surface area contributed by atoms with Crippen molar-refractivity contribution in [2.45, 2.75) is 19.0 Å². The van der Waals surface area contributed by atoms with Crippen LogP contribution in [0.25, 0.3) is 5.57 Å². The first-order valence-electron chi connectivity index (χ1n) is 7.92. The average Bonchev–Trinajstić information content (AvgIpc) is 2.79. The van der Waals surface area contributed by atoms with E-state index in [-0.39, 0.29) is 17.4 Å². The Morgan fingerprint density at radius 1 is 1.04 bits per heavy atom. The zero-order chi connectivity index (χ0) is 16.1. The first kappa shape index (κ1) is 14.3. The number of benzene rings is 1. The molecule has 1 unspecified atom stereocenters. The summed E-state index contributed by atoms with van der Waals surface area (Å²) in [5.41, 5.74) is 3.17. The predicted octanol–water partition coefficient (Wildman–Crippen LogP) is 0.693. The van der Waals surface area contributed by atoms with E-state index in [4.69, 9.17) is 0 Å². The minimum atomic E-state index is -0.240. The van der Waals surface area contributed by atoms with Crippen molar-refractivity contribution in [3.63, 3.8) is 0 Å². The average molecular weight is 312 g/mol. The van der Waals surface area contributed by atoms with E-state index in [1.165, 1.54) is 15.7 Å². The van der Waals surface area contributed by atoms with E-state index in [0.717, 1.165) is 25.1 Å². The molecular weight excluding hydrogens is 292 g/mol. The molecule has 3 heterocycles. The van der Waals surface area contributed by atoms with Gasteiger partial charge in [-0.15, -0.1) is 0 Å². The van der Waals surface area contributed by atoms with Crippen LogP contribution in [-0.4, -0.2) is 39.0 Å². The molecule has 1 aromatic heterocycles. The van der Waals surface area contributed by atoms with Crippen LogP contribution in [-0.2, 0) is 13.6 Å². The van der Waals surface area contributed by atoms with E-state index in [1.54, 1.807) is 16.4 Å². The summed E-state index contributed by atoms with van der Waals surface area (Å²) < 4.78 is 4.46. The third kappa shape index (κ3) is 2.05. The maximum Gasteiger partial charge on any atom is 0.347 e. The number of hydrogen-bond acceptors (Lipinski definition) is 3. The molecule has 0 radical (unpaired) electrons. The van der Waals surface area contributed by atoms with Crippen molar-refractivity contribution in [3.05, 3.63) is 62.4 Å². The molecule has 0 aliphatic carbocycles. The molecule has 2 aliphatic rings. The van der Waals surface area contributed by atoms with Gasteiger partial charge >= 0.3 is 11.4 Å². The molecule has 4 rings (SSSR count). The van der Waals surface area contributed by atoms with Gasteiger partial charge in [0.1, 0.15) is 0 Å². The molecular formula is C17H20N4O2. The van der Waals surface area contributed by atoms with Crippen molar-refractivity contribution in [2.75, 3.05) is 20.1 Å². The van der Waals surface area contributed by atoms with E-state index in [9.17, 15) is 9.59 Å². The fourth-order valence-electron chi connectivity index (χ4n) is 3.77. The van der Waals surface area contributed by atoms with Gasteiger partial charge in [-0.2, -0.15) is 0 Å². The Balaban J connectivity index is 1.96. The number of likely N-dealkylation sites (tertiary alicyclic amines) is 1. The molecule has 23 heavy (non-hydrogen) atoms. The minimum absolute atomic E-state index is 0.0564. The summed E-state index contributed by atoms with van der Waals surface area (Å²) in [4.78, 5) is 27.2. The molecule has 1 atom stereocenters. The number of rotatable bonds is 1. The van der Waals surface area contributed by atoms with Gasteiger partial charge in [0.15, 0.2) is 0 Å². The summed E-state index contributed by atoms with van der Waals surface area (Å²) >= 11 is 0. The van der Waals surface area contributed by atoms with Crippen molar-refractivity contribution in [1.82, 2.24) is 18.8 Å². The highest BCUT2D eigenvalue weighted by atomic mass is 16.2. The largest absolute Gasteiger partial charge is 0.347 e. The fraction of sp³-hybridized carbons (Fsp3) is 0.412. The predicted molar refractivity (Wildman–Crippen MR) is 88.4 cm³/mol. The molecule has 2 aliphatic heterocycles. The lowest BCUT2D eigenvalue weighted by molar-refractivity contribution is 0.224. The van der Waals surface area contributed by atoms with Crippen molar-refractivity contribution in [2.24, 2.45) is 7.05 Å². The van der Waals surface area contributed by atoms with Gasteiger partial charge in [-0.05, 0) is 30.2 Å². The van der Waals surface area contributed by atoms with E-state index in [2.05, 4.69) is 24.1 Å². The van der Waals surface area contributed by atoms with Crippen LogP contribution in [0.5, 0.6) is 0 Å².